The van der Waals surface area contributed by atoms with E-state index in [1.54, 1.807) is 15.9 Å². The highest BCUT2D eigenvalue weighted by molar-refractivity contribution is 7.98. The van der Waals surface area contributed by atoms with E-state index in [0.717, 1.165) is 20.6 Å². The first-order valence-corrected chi connectivity index (χ1v) is 9.16. The van der Waals surface area contributed by atoms with Crippen LogP contribution in [-0.4, -0.2) is 61.0 Å². The van der Waals surface area contributed by atoms with Crippen LogP contribution in [0.25, 0.3) is 21.3 Å². The van der Waals surface area contributed by atoms with E-state index in [0.29, 0.717) is 5.65 Å². The molecule has 9 heteroatoms. The van der Waals surface area contributed by atoms with Gasteiger partial charge in [-0.25, -0.2) is 9.97 Å². The molecule has 0 aliphatic carbocycles. The Balaban J connectivity index is 1.97. The highest BCUT2D eigenvalue weighted by Crippen LogP contribution is 2.41. The lowest BCUT2D eigenvalue weighted by Gasteiger charge is -2.18. The van der Waals surface area contributed by atoms with Crippen LogP contribution >= 0.6 is 23.1 Å². The molecular formula is C14H15N3O4S2. The van der Waals surface area contributed by atoms with Crippen molar-refractivity contribution >= 4 is 44.3 Å². The lowest BCUT2D eigenvalue weighted by atomic mass is 10.1. The maximum absolute atomic E-state index is 10.4. The van der Waals surface area contributed by atoms with E-state index in [-0.39, 0.29) is 6.61 Å². The molecule has 3 aromatic rings. The van der Waals surface area contributed by atoms with Crippen molar-refractivity contribution in [1.29, 1.82) is 0 Å². The van der Waals surface area contributed by atoms with E-state index < -0.39 is 24.5 Å². The molecule has 23 heavy (non-hydrogen) atoms. The zero-order valence-electron chi connectivity index (χ0n) is 12.2. The highest BCUT2D eigenvalue weighted by Gasteiger charge is 2.44. The number of ether oxygens (including phenoxy) is 1. The van der Waals surface area contributed by atoms with E-state index in [1.165, 1.54) is 18.1 Å². The second-order valence-corrected chi connectivity index (χ2v) is 7.03. The lowest BCUT2D eigenvalue weighted by Crippen LogP contribution is -2.33. The number of thioether (sulfide) groups is 1. The Hall–Kier alpha value is -1.23. The molecular weight excluding hydrogens is 338 g/mol. The standard InChI is InChI=1S/C14H15N3O4S2/c1-22-13-8-11-6(2-3-23-11)17(12(8)15-5-16-13)14-10(20)9(19)7(4-18)21-14/h2-3,5,7,9-10,14,18-20H,4H2,1H3/t7-,9-,10-,14-/m1/s1. The largest absolute Gasteiger partial charge is 0.394 e. The zero-order valence-corrected chi connectivity index (χ0v) is 13.8. The van der Waals surface area contributed by atoms with Crippen LogP contribution in [0.5, 0.6) is 0 Å². The van der Waals surface area contributed by atoms with Crippen LogP contribution in [0.15, 0.2) is 22.8 Å². The SMILES string of the molecule is CSc1ncnc2c1c1sccc1n2[C@@H]1O[C@H](CO)[C@@H](O)[C@H]1O. The van der Waals surface area contributed by atoms with Crippen LogP contribution in [0, 0.1) is 0 Å². The van der Waals surface area contributed by atoms with Gasteiger partial charge >= 0.3 is 0 Å². The van der Waals surface area contributed by atoms with Crippen LogP contribution in [0.1, 0.15) is 6.23 Å². The quantitative estimate of drug-likeness (QED) is 0.477. The molecule has 0 saturated carbocycles. The average molecular weight is 353 g/mol. The molecule has 0 spiro atoms. The molecule has 4 atom stereocenters. The fourth-order valence-electron chi connectivity index (χ4n) is 3.04. The third-order valence-corrected chi connectivity index (χ3v) is 5.73. The van der Waals surface area contributed by atoms with Gasteiger partial charge in [-0.2, -0.15) is 0 Å². The summed E-state index contributed by atoms with van der Waals surface area (Å²) >= 11 is 3.10. The third-order valence-electron chi connectivity index (χ3n) is 4.12. The second kappa shape index (κ2) is 5.69. The van der Waals surface area contributed by atoms with E-state index in [9.17, 15) is 15.3 Å². The smallest absolute Gasteiger partial charge is 0.165 e. The van der Waals surface area contributed by atoms with Crippen molar-refractivity contribution < 1.29 is 20.1 Å². The first kappa shape index (κ1) is 15.3. The maximum Gasteiger partial charge on any atom is 0.165 e. The summed E-state index contributed by atoms with van der Waals surface area (Å²) in [6.45, 7) is -0.355. The molecule has 0 aromatic carbocycles. The van der Waals surface area contributed by atoms with Gasteiger partial charge in [0.05, 0.1) is 22.2 Å². The topological polar surface area (TPSA) is 101 Å². The molecule has 0 bridgehead atoms. The molecule has 0 radical (unpaired) electrons. The minimum Gasteiger partial charge on any atom is -0.394 e. The zero-order chi connectivity index (χ0) is 16.1. The van der Waals surface area contributed by atoms with Crippen LogP contribution in [0.2, 0.25) is 0 Å². The Morgan fingerprint density at radius 2 is 2.17 bits per heavy atom. The number of fused-ring (bicyclic) bond motifs is 3. The van der Waals surface area contributed by atoms with Crippen LogP contribution in [-0.2, 0) is 4.74 Å². The molecule has 1 saturated heterocycles. The molecule has 1 aliphatic rings. The number of nitrogens with zero attached hydrogens (tertiary/aromatic N) is 3. The van der Waals surface area contributed by atoms with Crippen molar-refractivity contribution in [3.8, 4) is 0 Å². The molecule has 4 heterocycles. The Bertz CT molecular complexity index is 864. The lowest BCUT2D eigenvalue weighted by molar-refractivity contribution is -0.0489. The fourth-order valence-corrected chi connectivity index (χ4v) is 4.58. The fraction of sp³-hybridized carbons (Fsp3) is 0.429. The van der Waals surface area contributed by atoms with Gasteiger partial charge in [0, 0.05) is 0 Å². The summed E-state index contributed by atoms with van der Waals surface area (Å²) in [5, 5.41) is 33.4. The van der Waals surface area contributed by atoms with Gasteiger partial charge in [-0.05, 0) is 17.7 Å². The summed E-state index contributed by atoms with van der Waals surface area (Å²) in [6.07, 6.45) is -0.471. The summed E-state index contributed by atoms with van der Waals surface area (Å²) in [5.41, 5.74) is 1.52. The van der Waals surface area contributed by atoms with Gasteiger partial charge in [0.2, 0.25) is 0 Å². The first-order valence-electron chi connectivity index (χ1n) is 7.06. The van der Waals surface area contributed by atoms with Gasteiger partial charge in [-0.1, -0.05) is 0 Å². The summed E-state index contributed by atoms with van der Waals surface area (Å²) in [4.78, 5) is 8.68. The van der Waals surface area contributed by atoms with E-state index in [2.05, 4.69) is 9.97 Å². The molecule has 1 fully saturated rings. The van der Waals surface area contributed by atoms with Gasteiger partial charge in [-0.3, -0.25) is 4.57 Å². The first-order chi connectivity index (χ1) is 11.2. The summed E-state index contributed by atoms with van der Waals surface area (Å²) < 4.78 is 8.49. The molecule has 4 rings (SSSR count). The monoisotopic (exact) mass is 353 g/mol. The molecule has 3 aromatic heterocycles. The predicted molar refractivity (Wildman–Crippen MR) is 87.7 cm³/mol. The maximum atomic E-state index is 10.4. The van der Waals surface area contributed by atoms with Crippen LogP contribution < -0.4 is 0 Å². The minimum absolute atomic E-state index is 0.355. The molecule has 3 N–H and O–H groups in total. The number of rotatable bonds is 3. The van der Waals surface area contributed by atoms with Crippen molar-refractivity contribution in [2.45, 2.75) is 29.6 Å². The van der Waals surface area contributed by atoms with Crippen molar-refractivity contribution in [3.05, 3.63) is 17.8 Å². The molecule has 7 nitrogen and oxygen atoms in total. The molecule has 0 amide bonds. The molecule has 0 unspecified atom stereocenters. The minimum atomic E-state index is -1.14. The summed E-state index contributed by atoms with van der Waals surface area (Å²) in [5.74, 6) is 0. The predicted octanol–water partition coefficient (Wildman–Crippen LogP) is 0.979. The van der Waals surface area contributed by atoms with E-state index in [1.807, 2.05) is 17.7 Å². The number of thiophene rings is 1. The Morgan fingerprint density at radius 1 is 1.35 bits per heavy atom. The van der Waals surface area contributed by atoms with Crippen LogP contribution in [0.3, 0.4) is 0 Å². The molecule has 1 aliphatic heterocycles. The van der Waals surface area contributed by atoms with Gasteiger partial charge in [0.15, 0.2) is 6.23 Å². The highest BCUT2D eigenvalue weighted by atomic mass is 32.2. The third kappa shape index (κ3) is 2.12. The second-order valence-electron chi connectivity index (χ2n) is 5.32. The van der Waals surface area contributed by atoms with Crippen molar-refractivity contribution in [3.63, 3.8) is 0 Å². The Morgan fingerprint density at radius 3 is 2.87 bits per heavy atom. The summed E-state index contributed by atoms with van der Waals surface area (Å²) in [6, 6.07) is 1.93. The number of hydrogen-bond donors (Lipinski definition) is 3. The summed E-state index contributed by atoms with van der Waals surface area (Å²) in [7, 11) is 0. The Kier molecular flexibility index (Phi) is 3.79. The Labute approximate surface area is 139 Å². The van der Waals surface area contributed by atoms with Crippen molar-refractivity contribution in [2.75, 3.05) is 12.9 Å². The normalized spacial score (nSPS) is 28.2. The molecule has 122 valence electrons. The van der Waals surface area contributed by atoms with E-state index >= 15 is 0 Å². The van der Waals surface area contributed by atoms with E-state index in [4.69, 9.17) is 4.74 Å². The average Bonchev–Trinajstić information content (AvgIpc) is 3.22. The van der Waals surface area contributed by atoms with Gasteiger partial charge in [0.1, 0.15) is 35.3 Å². The van der Waals surface area contributed by atoms with Gasteiger partial charge in [-0.15, -0.1) is 23.1 Å². The number of aromatic nitrogens is 3. The van der Waals surface area contributed by atoms with Crippen molar-refractivity contribution in [1.82, 2.24) is 14.5 Å². The van der Waals surface area contributed by atoms with Gasteiger partial charge < -0.3 is 20.1 Å². The number of hydrogen-bond acceptors (Lipinski definition) is 8. The van der Waals surface area contributed by atoms with Crippen molar-refractivity contribution in [2.24, 2.45) is 0 Å². The number of aliphatic hydroxyl groups excluding tert-OH is 3. The van der Waals surface area contributed by atoms with Gasteiger partial charge in [0.25, 0.3) is 0 Å². The number of aliphatic hydroxyl groups is 3. The van der Waals surface area contributed by atoms with Crippen LogP contribution in [0.4, 0.5) is 0 Å².